The Kier molecular flexibility index (Phi) is 6.08. The Labute approximate surface area is 117 Å². The van der Waals surface area contributed by atoms with E-state index in [9.17, 15) is 13.2 Å². The normalized spacial score (nSPS) is 11.8. The van der Waals surface area contributed by atoms with Crippen LogP contribution in [0, 0.1) is 24.3 Å². The topological polar surface area (TPSA) is 54.4 Å². The molecule has 8 heteroatoms. The van der Waals surface area contributed by atoms with Gasteiger partial charge in [-0.2, -0.15) is 21.6 Å². The van der Waals surface area contributed by atoms with Crippen molar-refractivity contribution >= 4 is 32.7 Å². The van der Waals surface area contributed by atoms with Crippen molar-refractivity contribution in [3.05, 3.63) is 32.4 Å². The van der Waals surface area contributed by atoms with Gasteiger partial charge in [0, 0.05) is 3.57 Å². The van der Waals surface area contributed by atoms with Gasteiger partial charge >= 0.3 is 15.6 Å². The fourth-order valence-corrected chi connectivity index (χ4v) is 1.47. The Balaban J connectivity index is 0.000000331. The molecule has 1 aromatic rings. The van der Waals surface area contributed by atoms with E-state index in [1.54, 1.807) is 0 Å². The number of alkyl halides is 3. The molecule has 0 saturated carbocycles. The van der Waals surface area contributed by atoms with Crippen molar-refractivity contribution in [1.82, 2.24) is 0 Å². The number of rotatable bonds is 0. The quantitative estimate of drug-likeness (QED) is 0.414. The molecular formula is C10H12F3IO3S. The Hall–Kier alpha value is -0.350. The minimum absolute atomic E-state index is 1.36. The molecule has 0 amide bonds. The summed E-state index contributed by atoms with van der Waals surface area (Å²) in [6.07, 6.45) is 0. The fourth-order valence-electron chi connectivity index (χ4n) is 1.16. The molecule has 1 aromatic carbocycles. The van der Waals surface area contributed by atoms with Gasteiger partial charge in [-0.15, -0.1) is 0 Å². The lowest BCUT2D eigenvalue weighted by Gasteiger charge is -2.03. The zero-order valence-corrected chi connectivity index (χ0v) is 12.8. The van der Waals surface area contributed by atoms with E-state index in [2.05, 4.69) is 55.5 Å². The highest BCUT2D eigenvalue weighted by atomic mass is 127. The smallest absolute Gasteiger partial charge is 0.279 e. The van der Waals surface area contributed by atoms with Crippen LogP contribution in [-0.2, 0) is 10.1 Å². The van der Waals surface area contributed by atoms with Crippen molar-refractivity contribution < 1.29 is 26.1 Å². The highest BCUT2D eigenvalue weighted by molar-refractivity contribution is 14.1. The first-order valence-electron chi connectivity index (χ1n) is 4.63. The maximum Gasteiger partial charge on any atom is 0.522 e. The van der Waals surface area contributed by atoms with Crippen molar-refractivity contribution in [2.75, 3.05) is 0 Å². The summed E-state index contributed by atoms with van der Waals surface area (Å²) in [6, 6.07) is 4.43. The molecule has 18 heavy (non-hydrogen) atoms. The van der Waals surface area contributed by atoms with Gasteiger partial charge in [0.15, 0.2) is 0 Å². The Morgan fingerprint density at radius 1 is 1.11 bits per heavy atom. The monoisotopic (exact) mass is 396 g/mol. The maximum atomic E-state index is 10.7. The Morgan fingerprint density at radius 3 is 1.61 bits per heavy atom. The molecule has 0 fully saturated rings. The van der Waals surface area contributed by atoms with E-state index in [0.717, 1.165) is 0 Å². The van der Waals surface area contributed by atoms with Crippen LogP contribution >= 0.6 is 22.6 Å². The van der Waals surface area contributed by atoms with Crippen molar-refractivity contribution in [2.45, 2.75) is 26.3 Å². The zero-order chi connectivity index (χ0) is 14.7. The van der Waals surface area contributed by atoms with Crippen LogP contribution in [0.5, 0.6) is 0 Å². The molecule has 104 valence electrons. The van der Waals surface area contributed by atoms with E-state index in [0.29, 0.717) is 0 Å². The Morgan fingerprint density at radius 2 is 1.39 bits per heavy atom. The molecule has 3 nitrogen and oxygen atoms in total. The molecular weight excluding hydrogens is 384 g/mol. The number of benzene rings is 1. The van der Waals surface area contributed by atoms with Gasteiger partial charge in [0.05, 0.1) is 0 Å². The molecule has 1 N–H and O–H groups in total. The number of hydrogen-bond acceptors (Lipinski definition) is 2. The molecule has 0 saturated heterocycles. The lowest BCUT2D eigenvalue weighted by atomic mass is 10.1. The minimum atomic E-state index is -5.84. The summed E-state index contributed by atoms with van der Waals surface area (Å²) in [7, 11) is -5.84. The molecule has 0 heterocycles. The summed E-state index contributed by atoms with van der Waals surface area (Å²) in [4.78, 5) is 0. The summed E-state index contributed by atoms with van der Waals surface area (Å²) in [5.41, 5.74) is -1.40. The third kappa shape index (κ3) is 5.53. The highest BCUT2D eigenvalue weighted by Crippen LogP contribution is 2.20. The molecule has 0 aliphatic carbocycles. The number of aryl methyl sites for hydroxylation is 3. The first-order chi connectivity index (χ1) is 7.86. The summed E-state index contributed by atoms with van der Waals surface area (Å²) >= 11 is 2.39. The van der Waals surface area contributed by atoms with Gasteiger partial charge in [-0.25, -0.2) is 0 Å². The highest BCUT2D eigenvalue weighted by Gasteiger charge is 2.44. The second kappa shape index (κ2) is 6.20. The van der Waals surface area contributed by atoms with Gasteiger partial charge in [0.2, 0.25) is 0 Å². The van der Waals surface area contributed by atoms with Crippen LogP contribution in [0.25, 0.3) is 0 Å². The van der Waals surface area contributed by atoms with Crippen molar-refractivity contribution in [3.63, 3.8) is 0 Å². The van der Waals surface area contributed by atoms with E-state index < -0.39 is 15.6 Å². The molecule has 0 spiro atoms. The molecule has 0 aliphatic heterocycles. The van der Waals surface area contributed by atoms with Crippen LogP contribution in [0.3, 0.4) is 0 Å². The van der Waals surface area contributed by atoms with Gasteiger partial charge in [0.1, 0.15) is 0 Å². The van der Waals surface area contributed by atoms with Gasteiger partial charge in [-0.05, 0) is 54.5 Å². The molecule has 0 bridgehead atoms. The average Bonchev–Trinajstić information content (AvgIpc) is 2.11. The van der Waals surface area contributed by atoms with Gasteiger partial charge in [-0.1, -0.05) is 17.7 Å². The molecule has 1 rings (SSSR count). The molecule has 0 aliphatic rings. The third-order valence-electron chi connectivity index (χ3n) is 1.87. The van der Waals surface area contributed by atoms with Crippen LogP contribution in [0.1, 0.15) is 16.7 Å². The van der Waals surface area contributed by atoms with E-state index in [1.807, 2.05) is 0 Å². The molecule has 0 radical (unpaired) electrons. The maximum absolute atomic E-state index is 10.7. The lowest BCUT2D eigenvalue weighted by Crippen LogP contribution is -2.21. The van der Waals surface area contributed by atoms with Crippen molar-refractivity contribution in [3.8, 4) is 0 Å². The molecule has 0 atom stereocenters. The second-order valence-electron chi connectivity index (χ2n) is 3.63. The first kappa shape index (κ1) is 17.6. The average molecular weight is 396 g/mol. The summed E-state index contributed by atoms with van der Waals surface area (Å²) in [5, 5.41) is 0. The lowest BCUT2D eigenvalue weighted by molar-refractivity contribution is -0.0510. The van der Waals surface area contributed by atoms with E-state index in [-0.39, 0.29) is 0 Å². The predicted octanol–water partition coefficient (Wildman–Crippen LogP) is 3.61. The van der Waals surface area contributed by atoms with Gasteiger partial charge in [0.25, 0.3) is 0 Å². The van der Waals surface area contributed by atoms with Gasteiger partial charge < -0.3 is 0 Å². The Bertz CT molecular complexity index is 501. The van der Waals surface area contributed by atoms with Crippen LogP contribution in [0.4, 0.5) is 13.2 Å². The van der Waals surface area contributed by atoms with Crippen LogP contribution in [0.2, 0.25) is 0 Å². The largest absolute Gasteiger partial charge is 0.522 e. The zero-order valence-electron chi connectivity index (χ0n) is 9.84. The van der Waals surface area contributed by atoms with Crippen molar-refractivity contribution in [1.29, 1.82) is 0 Å². The predicted molar refractivity (Wildman–Crippen MR) is 71.0 cm³/mol. The van der Waals surface area contributed by atoms with Crippen LogP contribution in [-0.4, -0.2) is 18.5 Å². The number of hydrogen-bond donors (Lipinski definition) is 1. The van der Waals surface area contributed by atoms with Crippen LogP contribution < -0.4 is 0 Å². The first-order valence-corrected chi connectivity index (χ1v) is 7.15. The van der Waals surface area contributed by atoms with E-state index in [4.69, 9.17) is 13.0 Å². The minimum Gasteiger partial charge on any atom is -0.279 e. The summed E-state index contributed by atoms with van der Waals surface area (Å²) < 4.78 is 58.9. The fraction of sp³-hybridized carbons (Fsp3) is 0.400. The van der Waals surface area contributed by atoms with Crippen molar-refractivity contribution in [2.24, 2.45) is 0 Å². The third-order valence-corrected chi connectivity index (χ3v) is 4.16. The van der Waals surface area contributed by atoms with E-state index in [1.165, 1.54) is 20.3 Å². The summed E-state index contributed by atoms with van der Waals surface area (Å²) in [6.45, 7) is 6.44. The van der Waals surface area contributed by atoms with E-state index >= 15 is 0 Å². The second-order valence-corrected chi connectivity index (χ2v) is 6.13. The summed E-state index contributed by atoms with van der Waals surface area (Å²) in [5.74, 6) is 0. The SMILES string of the molecule is Cc1cc(C)c(I)c(C)c1.O=S(=O)(O)C(F)(F)F. The molecule has 0 unspecified atom stereocenters. The van der Waals surface area contributed by atoms with Gasteiger partial charge in [-0.3, -0.25) is 4.55 Å². The van der Waals surface area contributed by atoms with Crippen LogP contribution in [0.15, 0.2) is 12.1 Å². The number of halogens is 4. The standard InChI is InChI=1S/C9H11I.CHF3O3S/c1-6-4-7(2)9(10)8(3)5-6;2-1(3,4)8(5,6)7/h4-5H,1-3H3;(H,5,6,7). The molecule has 0 aromatic heterocycles.